The quantitative estimate of drug-likeness (QED) is 0.714. The van der Waals surface area contributed by atoms with E-state index >= 15 is 0 Å². The van der Waals surface area contributed by atoms with E-state index in [-0.39, 0.29) is 11.8 Å². The van der Waals surface area contributed by atoms with Crippen LogP contribution in [-0.2, 0) is 18.3 Å². The zero-order valence-electron chi connectivity index (χ0n) is 15.2. The molecule has 5 nitrogen and oxygen atoms in total. The van der Waals surface area contributed by atoms with E-state index in [1.807, 2.05) is 37.4 Å². The second-order valence-electron chi connectivity index (χ2n) is 6.42. The Balaban J connectivity index is 1.69. The van der Waals surface area contributed by atoms with Crippen LogP contribution >= 0.6 is 0 Å². The van der Waals surface area contributed by atoms with Crippen LogP contribution in [0.4, 0.5) is 0 Å². The summed E-state index contributed by atoms with van der Waals surface area (Å²) in [5.41, 5.74) is 3.56. The maximum atomic E-state index is 12.6. The molecule has 0 saturated heterocycles. The van der Waals surface area contributed by atoms with Gasteiger partial charge >= 0.3 is 0 Å². The van der Waals surface area contributed by atoms with Crippen molar-refractivity contribution < 1.29 is 4.79 Å². The average molecular weight is 348 g/mol. The van der Waals surface area contributed by atoms with E-state index in [2.05, 4.69) is 46.6 Å². The fourth-order valence-electron chi connectivity index (χ4n) is 3.19. The van der Waals surface area contributed by atoms with E-state index in [0.717, 1.165) is 11.4 Å². The standard InChI is InChI=1S/C21H24N4O/c1-16-8-6-7-11-18(16)19(17-9-4-3-5-10-17)14-21(26)22-13-12-20-23-15-24-25(20)2/h3-11,15,19H,12-14H2,1-2H3,(H,22,26). The van der Waals surface area contributed by atoms with Crippen molar-refractivity contribution in [2.24, 2.45) is 7.05 Å². The number of aryl methyl sites for hydroxylation is 2. The molecule has 0 fully saturated rings. The fourth-order valence-corrected chi connectivity index (χ4v) is 3.19. The minimum absolute atomic E-state index is 0.0456. The van der Waals surface area contributed by atoms with Gasteiger partial charge in [-0.3, -0.25) is 9.48 Å². The summed E-state index contributed by atoms with van der Waals surface area (Å²) < 4.78 is 1.73. The molecule has 0 saturated carbocycles. The summed E-state index contributed by atoms with van der Waals surface area (Å²) in [7, 11) is 1.85. The first-order valence-corrected chi connectivity index (χ1v) is 8.85. The highest BCUT2D eigenvalue weighted by molar-refractivity contribution is 5.77. The maximum absolute atomic E-state index is 12.6. The largest absolute Gasteiger partial charge is 0.356 e. The molecule has 0 radical (unpaired) electrons. The summed E-state index contributed by atoms with van der Waals surface area (Å²) in [5, 5.41) is 7.06. The summed E-state index contributed by atoms with van der Waals surface area (Å²) in [5.74, 6) is 0.959. The predicted octanol–water partition coefficient (Wildman–Crippen LogP) is 3.00. The second-order valence-corrected chi connectivity index (χ2v) is 6.42. The number of nitrogens with zero attached hydrogens (tertiary/aromatic N) is 3. The van der Waals surface area contributed by atoms with Crippen molar-refractivity contribution in [3.63, 3.8) is 0 Å². The molecule has 0 spiro atoms. The van der Waals surface area contributed by atoms with Gasteiger partial charge in [-0.15, -0.1) is 0 Å². The van der Waals surface area contributed by atoms with Crippen molar-refractivity contribution in [3.8, 4) is 0 Å². The third-order valence-electron chi connectivity index (χ3n) is 4.63. The lowest BCUT2D eigenvalue weighted by Gasteiger charge is -2.20. The van der Waals surface area contributed by atoms with Crippen LogP contribution in [0, 0.1) is 6.92 Å². The number of hydrogen-bond acceptors (Lipinski definition) is 3. The molecule has 0 aliphatic rings. The highest BCUT2D eigenvalue weighted by Crippen LogP contribution is 2.30. The SMILES string of the molecule is Cc1ccccc1C(CC(=O)NCCc1ncnn1C)c1ccccc1. The van der Waals surface area contributed by atoms with Gasteiger partial charge in [-0.2, -0.15) is 5.10 Å². The normalized spacial score (nSPS) is 11.9. The van der Waals surface area contributed by atoms with Gasteiger partial charge < -0.3 is 5.32 Å². The van der Waals surface area contributed by atoms with Gasteiger partial charge in [0.15, 0.2) is 0 Å². The van der Waals surface area contributed by atoms with Crippen molar-refractivity contribution >= 4 is 5.91 Å². The van der Waals surface area contributed by atoms with E-state index in [4.69, 9.17) is 0 Å². The number of hydrogen-bond donors (Lipinski definition) is 1. The number of benzene rings is 2. The minimum Gasteiger partial charge on any atom is -0.356 e. The lowest BCUT2D eigenvalue weighted by molar-refractivity contribution is -0.121. The predicted molar refractivity (Wildman–Crippen MR) is 102 cm³/mol. The Hall–Kier alpha value is -2.95. The highest BCUT2D eigenvalue weighted by Gasteiger charge is 2.19. The van der Waals surface area contributed by atoms with Gasteiger partial charge in [-0.1, -0.05) is 54.6 Å². The van der Waals surface area contributed by atoms with E-state index < -0.39 is 0 Å². The van der Waals surface area contributed by atoms with Crippen LogP contribution < -0.4 is 5.32 Å². The molecular weight excluding hydrogens is 324 g/mol. The highest BCUT2D eigenvalue weighted by atomic mass is 16.1. The van der Waals surface area contributed by atoms with E-state index in [1.165, 1.54) is 17.5 Å². The van der Waals surface area contributed by atoms with Crippen LogP contribution in [0.15, 0.2) is 60.9 Å². The van der Waals surface area contributed by atoms with Crippen LogP contribution in [0.2, 0.25) is 0 Å². The van der Waals surface area contributed by atoms with E-state index in [1.54, 1.807) is 4.68 Å². The molecular formula is C21H24N4O. The summed E-state index contributed by atoms with van der Waals surface area (Å²) >= 11 is 0. The number of carbonyl (C=O) groups is 1. The third-order valence-corrected chi connectivity index (χ3v) is 4.63. The lowest BCUT2D eigenvalue weighted by atomic mass is 9.86. The van der Waals surface area contributed by atoms with Gasteiger partial charge in [0.05, 0.1) is 0 Å². The van der Waals surface area contributed by atoms with Crippen molar-refractivity contribution in [3.05, 3.63) is 83.4 Å². The van der Waals surface area contributed by atoms with Gasteiger partial charge in [-0.05, 0) is 23.6 Å². The number of aromatic nitrogens is 3. The molecule has 5 heteroatoms. The smallest absolute Gasteiger partial charge is 0.220 e. The molecule has 134 valence electrons. The first-order valence-electron chi connectivity index (χ1n) is 8.85. The van der Waals surface area contributed by atoms with Crippen molar-refractivity contribution in [2.75, 3.05) is 6.54 Å². The molecule has 26 heavy (non-hydrogen) atoms. The molecule has 2 aromatic carbocycles. The molecule has 0 aliphatic heterocycles. The molecule has 3 rings (SSSR count). The van der Waals surface area contributed by atoms with Crippen molar-refractivity contribution in [1.29, 1.82) is 0 Å². The van der Waals surface area contributed by atoms with Crippen LogP contribution in [0.1, 0.15) is 34.9 Å². The van der Waals surface area contributed by atoms with E-state index in [9.17, 15) is 4.79 Å². The second kappa shape index (κ2) is 8.43. The Labute approximate surface area is 154 Å². The Bertz CT molecular complexity index is 857. The zero-order chi connectivity index (χ0) is 18.4. The third kappa shape index (κ3) is 4.36. The zero-order valence-corrected chi connectivity index (χ0v) is 15.2. The van der Waals surface area contributed by atoms with Gasteiger partial charge in [0.2, 0.25) is 5.91 Å². The number of amides is 1. The van der Waals surface area contributed by atoms with Gasteiger partial charge in [0.1, 0.15) is 12.2 Å². The Morgan fingerprint density at radius 2 is 1.85 bits per heavy atom. The first kappa shape index (κ1) is 17.9. The molecule has 1 atom stereocenters. The molecule has 0 bridgehead atoms. The Morgan fingerprint density at radius 3 is 2.54 bits per heavy atom. The van der Waals surface area contributed by atoms with Crippen molar-refractivity contribution in [1.82, 2.24) is 20.1 Å². The average Bonchev–Trinajstić information content (AvgIpc) is 3.06. The molecule has 1 N–H and O–H groups in total. The molecule has 0 aliphatic carbocycles. The fraction of sp³-hybridized carbons (Fsp3) is 0.286. The topological polar surface area (TPSA) is 59.8 Å². The Kier molecular flexibility index (Phi) is 5.79. The molecule has 1 unspecified atom stereocenters. The number of rotatable bonds is 7. The molecule has 1 aromatic heterocycles. The van der Waals surface area contributed by atoms with Gasteiger partial charge in [0, 0.05) is 32.4 Å². The number of nitrogens with one attached hydrogen (secondary N) is 1. The van der Waals surface area contributed by atoms with Crippen LogP contribution in [0.3, 0.4) is 0 Å². The molecule has 1 heterocycles. The van der Waals surface area contributed by atoms with Gasteiger partial charge in [0.25, 0.3) is 0 Å². The minimum atomic E-state index is 0.0456. The van der Waals surface area contributed by atoms with Gasteiger partial charge in [-0.25, -0.2) is 4.98 Å². The molecule has 1 amide bonds. The summed E-state index contributed by atoms with van der Waals surface area (Å²) in [4.78, 5) is 16.8. The Morgan fingerprint density at radius 1 is 1.12 bits per heavy atom. The molecule has 3 aromatic rings. The number of carbonyl (C=O) groups excluding carboxylic acids is 1. The van der Waals surface area contributed by atoms with Crippen LogP contribution in [-0.4, -0.2) is 27.2 Å². The van der Waals surface area contributed by atoms with Crippen LogP contribution in [0.5, 0.6) is 0 Å². The maximum Gasteiger partial charge on any atom is 0.220 e. The summed E-state index contributed by atoms with van der Waals surface area (Å²) in [6.07, 6.45) is 2.62. The lowest BCUT2D eigenvalue weighted by Crippen LogP contribution is -2.28. The van der Waals surface area contributed by atoms with Crippen molar-refractivity contribution in [2.45, 2.75) is 25.7 Å². The summed E-state index contributed by atoms with van der Waals surface area (Å²) in [6.45, 7) is 2.65. The summed E-state index contributed by atoms with van der Waals surface area (Å²) in [6, 6.07) is 18.5. The monoisotopic (exact) mass is 348 g/mol. The first-order chi connectivity index (χ1) is 12.6. The van der Waals surface area contributed by atoms with Crippen LogP contribution in [0.25, 0.3) is 0 Å². The van der Waals surface area contributed by atoms with E-state index in [0.29, 0.717) is 19.4 Å².